The van der Waals surface area contributed by atoms with Crippen LogP contribution in [-0.4, -0.2) is 14.4 Å². The number of fused-ring (bicyclic) bond motifs is 1. The molecule has 2 aromatic heterocycles. The van der Waals surface area contributed by atoms with Crippen LogP contribution in [0.2, 0.25) is 0 Å². The first-order valence-electron chi connectivity index (χ1n) is 6.03. The molecule has 2 aromatic rings. The Kier molecular flexibility index (Phi) is 2.53. The molecule has 0 fully saturated rings. The summed E-state index contributed by atoms with van der Waals surface area (Å²) in [6.07, 6.45) is 5.82. The van der Waals surface area contributed by atoms with Crippen LogP contribution in [0, 0.1) is 0 Å². The first-order valence-corrected chi connectivity index (χ1v) is 6.03. The van der Waals surface area contributed by atoms with Gasteiger partial charge in [-0.05, 0) is 0 Å². The Morgan fingerprint density at radius 2 is 1.65 bits per heavy atom. The Bertz CT molecular complexity index is 539. The predicted molar refractivity (Wildman–Crippen MR) is 70.4 cm³/mol. The highest BCUT2D eigenvalue weighted by Gasteiger charge is 2.24. The molecule has 0 spiro atoms. The Balaban J connectivity index is 2.76. The Labute approximate surface area is 103 Å². The summed E-state index contributed by atoms with van der Waals surface area (Å²) in [6, 6.07) is 0. The molecule has 2 heterocycles. The summed E-state index contributed by atoms with van der Waals surface area (Å²) < 4.78 is 2.08. The molecule has 0 aliphatic carbocycles. The molecule has 0 saturated heterocycles. The molecule has 92 valence electrons. The van der Waals surface area contributed by atoms with Crippen LogP contribution in [0.4, 0.5) is 0 Å². The highest BCUT2D eigenvalue weighted by molar-refractivity contribution is 5.53. The smallest absolute Gasteiger partial charge is 0.0993 e. The van der Waals surface area contributed by atoms with Crippen LogP contribution in [0.1, 0.15) is 52.9 Å². The van der Waals surface area contributed by atoms with Gasteiger partial charge in [0.15, 0.2) is 0 Å². The molecule has 0 aliphatic rings. The fourth-order valence-corrected chi connectivity index (χ4v) is 1.84. The first-order chi connectivity index (χ1) is 7.69. The molecule has 0 aliphatic heterocycles. The van der Waals surface area contributed by atoms with Gasteiger partial charge in [0.2, 0.25) is 0 Å². The molecular formula is C14H21N3. The zero-order valence-corrected chi connectivity index (χ0v) is 11.6. The molecule has 0 atom stereocenters. The van der Waals surface area contributed by atoms with Crippen molar-refractivity contribution in [3.05, 3.63) is 30.1 Å². The monoisotopic (exact) mass is 231 g/mol. The molecule has 3 heteroatoms. The summed E-state index contributed by atoms with van der Waals surface area (Å²) in [5, 5.41) is 0. The van der Waals surface area contributed by atoms with E-state index in [4.69, 9.17) is 4.98 Å². The normalized spacial score (nSPS) is 13.3. The maximum absolute atomic E-state index is 4.85. The molecule has 0 unspecified atom stereocenters. The van der Waals surface area contributed by atoms with E-state index in [1.54, 1.807) is 0 Å². The average molecular weight is 231 g/mol. The molecule has 17 heavy (non-hydrogen) atoms. The van der Waals surface area contributed by atoms with Gasteiger partial charge < -0.3 is 4.40 Å². The van der Waals surface area contributed by atoms with Crippen molar-refractivity contribution in [3.8, 4) is 0 Å². The van der Waals surface area contributed by atoms with Gasteiger partial charge in [-0.2, -0.15) is 0 Å². The molecule has 0 saturated carbocycles. The third kappa shape index (κ3) is 2.19. The van der Waals surface area contributed by atoms with Gasteiger partial charge in [-0.25, -0.2) is 4.98 Å². The van der Waals surface area contributed by atoms with Gasteiger partial charge >= 0.3 is 0 Å². The molecular weight excluding hydrogens is 210 g/mol. The van der Waals surface area contributed by atoms with Crippen molar-refractivity contribution >= 4 is 5.52 Å². The average Bonchev–Trinajstić information content (AvgIpc) is 2.59. The van der Waals surface area contributed by atoms with Gasteiger partial charge in [0.25, 0.3) is 0 Å². The maximum Gasteiger partial charge on any atom is 0.0993 e. The largest absolute Gasteiger partial charge is 0.303 e. The number of rotatable bonds is 0. The second-order valence-corrected chi connectivity index (χ2v) is 6.66. The number of nitrogens with zero attached hydrogens (tertiary/aromatic N) is 3. The second-order valence-electron chi connectivity index (χ2n) is 6.66. The third-order valence-electron chi connectivity index (χ3n) is 2.88. The number of hydrogen-bond donors (Lipinski definition) is 0. The molecule has 3 nitrogen and oxygen atoms in total. The quantitative estimate of drug-likeness (QED) is 0.696. The number of hydrogen-bond acceptors (Lipinski definition) is 2. The van der Waals surface area contributed by atoms with Gasteiger partial charge in [0, 0.05) is 17.0 Å². The van der Waals surface area contributed by atoms with Crippen LogP contribution in [0.3, 0.4) is 0 Å². The molecule has 0 N–H and O–H groups in total. The summed E-state index contributed by atoms with van der Waals surface area (Å²) in [6.45, 7) is 13.1. The maximum atomic E-state index is 4.85. The molecule has 2 rings (SSSR count). The fraction of sp³-hybridized carbons (Fsp3) is 0.571. The van der Waals surface area contributed by atoms with Crippen LogP contribution in [0.25, 0.3) is 5.52 Å². The van der Waals surface area contributed by atoms with E-state index >= 15 is 0 Å². The minimum atomic E-state index is 0.0303. The van der Waals surface area contributed by atoms with Gasteiger partial charge in [0.05, 0.1) is 29.4 Å². The molecule has 0 amide bonds. The van der Waals surface area contributed by atoms with E-state index < -0.39 is 0 Å². The van der Waals surface area contributed by atoms with Gasteiger partial charge in [-0.1, -0.05) is 41.5 Å². The Morgan fingerprint density at radius 1 is 1.00 bits per heavy atom. The van der Waals surface area contributed by atoms with E-state index in [1.807, 2.05) is 12.5 Å². The minimum absolute atomic E-state index is 0.0303. The lowest BCUT2D eigenvalue weighted by Gasteiger charge is -2.24. The zero-order chi connectivity index (χ0) is 12.8. The van der Waals surface area contributed by atoms with Crippen LogP contribution in [0.15, 0.2) is 18.7 Å². The molecule has 0 radical (unpaired) electrons. The molecule has 0 bridgehead atoms. The SMILES string of the molecule is CC(C)(C)c1cn2cncc2c(C(C)(C)C)n1. The van der Waals surface area contributed by atoms with E-state index in [1.165, 1.54) is 0 Å². The lowest BCUT2D eigenvalue weighted by Crippen LogP contribution is -2.21. The minimum Gasteiger partial charge on any atom is -0.303 e. The predicted octanol–water partition coefficient (Wildman–Crippen LogP) is 3.32. The van der Waals surface area contributed by atoms with E-state index in [0.29, 0.717) is 0 Å². The van der Waals surface area contributed by atoms with E-state index in [9.17, 15) is 0 Å². The van der Waals surface area contributed by atoms with Crippen molar-refractivity contribution in [1.82, 2.24) is 14.4 Å². The Hall–Kier alpha value is -1.38. The molecule has 0 aromatic carbocycles. The van der Waals surface area contributed by atoms with Crippen molar-refractivity contribution in [2.45, 2.75) is 52.4 Å². The summed E-state index contributed by atoms with van der Waals surface area (Å²) >= 11 is 0. The van der Waals surface area contributed by atoms with Crippen LogP contribution < -0.4 is 0 Å². The Morgan fingerprint density at radius 3 is 2.18 bits per heavy atom. The number of imidazole rings is 1. The van der Waals surface area contributed by atoms with Crippen molar-refractivity contribution in [2.24, 2.45) is 0 Å². The highest BCUT2D eigenvalue weighted by atomic mass is 15.0. The summed E-state index contributed by atoms with van der Waals surface area (Å²) in [5.74, 6) is 0. The van der Waals surface area contributed by atoms with Crippen molar-refractivity contribution in [2.75, 3.05) is 0 Å². The van der Waals surface area contributed by atoms with Crippen LogP contribution in [0.5, 0.6) is 0 Å². The lowest BCUT2D eigenvalue weighted by molar-refractivity contribution is 0.529. The lowest BCUT2D eigenvalue weighted by atomic mass is 9.88. The third-order valence-corrected chi connectivity index (χ3v) is 2.88. The standard InChI is InChI=1S/C14H21N3/c1-13(2,3)11-8-17-9-15-7-10(17)12(16-11)14(4,5)6/h7-9H,1-6H3. The van der Waals surface area contributed by atoms with Crippen LogP contribution in [-0.2, 0) is 10.8 Å². The van der Waals surface area contributed by atoms with E-state index in [2.05, 4.69) is 57.1 Å². The number of aromatic nitrogens is 3. The fourth-order valence-electron chi connectivity index (χ4n) is 1.84. The van der Waals surface area contributed by atoms with Gasteiger partial charge in [-0.3, -0.25) is 4.98 Å². The van der Waals surface area contributed by atoms with Gasteiger partial charge in [0.1, 0.15) is 0 Å². The summed E-state index contributed by atoms with van der Waals surface area (Å²) in [7, 11) is 0. The van der Waals surface area contributed by atoms with Crippen molar-refractivity contribution < 1.29 is 0 Å². The van der Waals surface area contributed by atoms with E-state index in [0.717, 1.165) is 16.9 Å². The summed E-state index contributed by atoms with van der Waals surface area (Å²) in [4.78, 5) is 9.08. The second kappa shape index (κ2) is 3.56. The summed E-state index contributed by atoms with van der Waals surface area (Å²) in [5.41, 5.74) is 3.40. The van der Waals surface area contributed by atoms with Crippen molar-refractivity contribution in [1.29, 1.82) is 0 Å². The zero-order valence-electron chi connectivity index (χ0n) is 11.6. The highest BCUT2D eigenvalue weighted by Crippen LogP contribution is 2.28. The van der Waals surface area contributed by atoms with E-state index in [-0.39, 0.29) is 10.8 Å². The van der Waals surface area contributed by atoms with Crippen LogP contribution >= 0.6 is 0 Å². The topological polar surface area (TPSA) is 30.2 Å². The van der Waals surface area contributed by atoms with Gasteiger partial charge in [-0.15, -0.1) is 0 Å². The van der Waals surface area contributed by atoms with Crippen molar-refractivity contribution in [3.63, 3.8) is 0 Å². The first kappa shape index (κ1) is 12.1.